The summed E-state index contributed by atoms with van der Waals surface area (Å²) in [5.41, 5.74) is 1.48. The van der Waals surface area contributed by atoms with E-state index < -0.39 is 0 Å². The van der Waals surface area contributed by atoms with E-state index in [9.17, 15) is 0 Å². The van der Waals surface area contributed by atoms with Gasteiger partial charge in [0.2, 0.25) is 0 Å². The van der Waals surface area contributed by atoms with Gasteiger partial charge in [0.1, 0.15) is 0 Å². The molecule has 1 aliphatic carbocycles. The maximum atomic E-state index is 4.05. The second-order valence-corrected chi connectivity index (χ2v) is 4.44. The minimum Gasteiger partial charge on any atom is -0.0999 e. The maximum absolute atomic E-state index is 4.05. The van der Waals surface area contributed by atoms with Gasteiger partial charge in [-0.05, 0) is 43.9 Å². The van der Waals surface area contributed by atoms with Gasteiger partial charge >= 0.3 is 0 Å². The highest BCUT2D eigenvalue weighted by molar-refractivity contribution is 4.98. The van der Waals surface area contributed by atoms with Crippen LogP contribution in [0, 0.1) is 11.8 Å². The predicted molar refractivity (Wildman–Crippen MR) is 55.2 cm³/mol. The summed E-state index contributed by atoms with van der Waals surface area (Å²) in [4.78, 5) is 0. The minimum atomic E-state index is 0.932. The van der Waals surface area contributed by atoms with Gasteiger partial charge in [-0.25, -0.2) is 0 Å². The van der Waals surface area contributed by atoms with E-state index in [1.165, 1.54) is 44.1 Å². The number of allylic oxidation sites excluding steroid dienone is 1. The molecule has 1 saturated carbocycles. The Kier molecular flexibility index (Phi) is 3.84. The Bertz CT molecular complexity index is 136. The summed E-state index contributed by atoms with van der Waals surface area (Å²) in [6, 6.07) is 0. The molecular weight excluding hydrogens is 144 g/mol. The van der Waals surface area contributed by atoms with E-state index >= 15 is 0 Å². The fourth-order valence-corrected chi connectivity index (χ4v) is 2.06. The maximum Gasteiger partial charge on any atom is -0.0320 e. The van der Waals surface area contributed by atoms with Crippen LogP contribution in [0.4, 0.5) is 0 Å². The molecule has 0 spiro atoms. The number of rotatable bonds is 3. The molecule has 0 saturated heterocycles. The third kappa shape index (κ3) is 3.00. The molecule has 0 aromatic heterocycles. The number of hydrogen-bond acceptors (Lipinski definition) is 0. The molecule has 0 heteroatoms. The van der Waals surface area contributed by atoms with Crippen molar-refractivity contribution in [2.24, 2.45) is 11.8 Å². The van der Waals surface area contributed by atoms with Crippen molar-refractivity contribution in [2.75, 3.05) is 0 Å². The molecule has 0 aromatic rings. The van der Waals surface area contributed by atoms with Crippen LogP contribution in [0.15, 0.2) is 12.2 Å². The smallest absolute Gasteiger partial charge is 0.0320 e. The molecule has 0 amide bonds. The van der Waals surface area contributed by atoms with Crippen LogP contribution < -0.4 is 0 Å². The fourth-order valence-electron chi connectivity index (χ4n) is 2.06. The molecule has 0 aliphatic heterocycles. The summed E-state index contributed by atoms with van der Waals surface area (Å²) in [7, 11) is 0. The summed E-state index contributed by atoms with van der Waals surface area (Å²) < 4.78 is 0. The third-order valence-electron chi connectivity index (χ3n) is 3.24. The molecule has 1 aliphatic rings. The lowest BCUT2D eigenvalue weighted by molar-refractivity contribution is 0.323. The topological polar surface area (TPSA) is 0 Å². The van der Waals surface area contributed by atoms with Crippen LogP contribution in [0.5, 0.6) is 0 Å². The summed E-state index contributed by atoms with van der Waals surface area (Å²) in [6.45, 7) is 8.72. The SMILES string of the molecule is C=C1CCC(CC(C)CC)CC1. The van der Waals surface area contributed by atoms with Crippen LogP contribution in [0.25, 0.3) is 0 Å². The summed E-state index contributed by atoms with van der Waals surface area (Å²) >= 11 is 0. The lowest BCUT2D eigenvalue weighted by Crippen LogP contribution is -2.11. The summed E-state index contributed by atoms with van der Waals surface area (Å²) in [5.74, 6) is 1.94. The van der Waals surface area contributed by atoms with Crippen molar-refractivity contribution in [2.45, 2.75) is 52.4 Å². The standard InChI is InChI=1S/C12H22/c1-4-10(2)9-12-7-5-11(3)6-8-12/h10,12H,3-9H2,1-2H3. The van der Waals surface area contributed by atoms with Crippen molar-refractivity contribution >= 4 is 0 Å². The van der Waals surface area contributed by atoms with E-state index in [4.69, 9.17) is 0 Å². The van der Waals surface area contributed by atoms with Crippen molar-refractivity contribution in [3.05, 3.63) is 12.2 Å². The largest absolute Gasteiger partial charge is 0.0999 e. The average molecular weight is 166 g/mol. The first-order chi connectivity index (χ1) is 5.72. The Morgan fingerprint density at radius 1 is 1.42 bits per heavy atom. The van der Waals surface area contributed by atoms with Crippen molar-refractivity contribution in [1.82, 2.24) is 0 Å². The Morgan fingerprint density at radius 2 is 2.00 bits per heavy atom. The van der Waals surface area contributed by atoms with E-state index in [2.05, 4.69) is 20.4 Å². The zero-order valence-corrected chi connectivity index (χ0v) is 8.60. The van der Waals surface area contributed by atoms with Gasteiger partial charge in [0.05, 0.1) is 0 Å². The quantitative estimate of drug-likeness (QED) is 0.552. The van der Waals surface area contributed by atoms with Gasteiger partial charge in [0, 0.05) is 0 Å². The van der Waals surface area contributed by atoms with Gasteiger partial charge in [0.25, 0.3) is 0 Å². The Hall–Kier alpha value is -0.260. The summed E-state index contributed by atoms with van der Waals surface area (Å²) in [5, 5.41) is 0. The molecule has 0 heterocycles. The highest BCUT2D eigenvalue weighted by Crippen LogP contribution is 2.31. The van der Waals surface area contributed by atoms with Gasteiger partial charge in [-0.3, -0.25) is 0 Å². The van der Waals surface area contributed by atoms with Crippen LogP contribution in [0.1, 0.15) is 52.4 Å². The highest BCUT2D eigenvalue weighted by Gasteiger charge is 2.16. The molecule has 1 rings (SSSR count). The molecule has 0 radical (unpaired) electrons. The van der Waals surface area contributed by atoms with Crippen molar-refractivity contribution in [1.29, 1.82) is 0 Å². The zero-order chi connectivity index (χ0) is 8.97. The van der Waals surface area contributed by atoms with E-state index in [0.717, 1.165) is 11.8 Å². The lowest BCUT2D eigenvalue weighted by atomic mass is 9.81. The Morgan fingerprint density at radius 3 is 2.50 bits per heavy atom. The normalized spacial score (nSPS) is 22.7. The highest BCUT2D eigenvalue weighted by atomic mass is 14.2. The molecule has 0 nitrogen and oxygen atoms in total. The van der Waals surface area contributed by atoms with Crippen LogP contribution >= 0.6 is 0 Å². The zero-order valence-electron chi connectivity index (χ0n) is 8.60. The Labute approximate surface area is 77.1 Å². The van der Waals surface area contributed by atoms with Gasteiger partial charge in [-0.15, -0.1) is 0 Å². The van der Waals surface area contributed by atoms with Crippen molar-refractivity contribution < 1.29 is 0 Å². The van der Waals surface area contributed by atoms with Crippen LogP contribution in [0.2, 0.25) is 0 Å². The molecule has 0 bridgehead atoms. The molecule has 12 heavy (non-hydrogen) atoms. The second kappa shape index (κ2) is 4.69. The van der Waals surface area contributed by atoms with Gasteiger partial charge < -0.3 is 0 Å². The molecule has 1 unspecified atom stereocenters. The van der Waals surface area contributed by atoms with Crippen LogP contribution in [0.3, 0.4) is 0 Å². The van der Waals surface area contributed by atoms with Crippen LogP contribution in [-0.4, -0.2) is 0 Å². The lowest BCUT2D eigenvalue weighted by Gasteiger charge is -2.25. The fraction of sp³-hybridized carbons (Fsp3) is 0.833. The van der Waals surface area contributed by atoms with Crippen molar-refractivity contribution in [3.63, 3.8) is 0 Å². The van der Waals surface area contributed by atoms with E-state index in [1.807, 2.05) is 0 Å². The van der Waals surface area contributed by atoms with E-state index in [0.29, 0.717) is 0 Å². The molecular formula is C12H22. The second-order valence-electron chi connectivity index (χ2n) is 4.44. The van der Waals surface area contributed by atoms with Gasteiger partial charge in [0.15, 0.2) is 0 Å². The first-order valence-electron chi connectivity index (χ1n) is 5.39. The van der Waals surface area contributed by atoms with E-state index in [1.54, 1.807) is 0 Å². The number of hydrogen-bond donors (Lipinski definition) is 0. The molecule has 0 N–H and O–H groups in total. The minimum absolute atomic E-state index is 0.932. The molecule has 0 aromatic carbocycles. The predicted octanol–water partition coefficient (Wildman–Crippen LogP) is 4.17. The van der Waals surface area contributed by atoms with E-state index in [-0.39, 0.29) is 0 Å². The summed E-state index contributed by atoms with van der Waals surface area (Å²) in [6.07, 6.45) is 8.19. The van der Waals surface area contributed by atoms with Crippen molar-refractivity contribution in [3.8, 4) is 0 Å². The third-order valence-corrected chi connectivity index (χ3v) is 3.24. The Balaban J connectivity index is 2.21. The first-order valence-corrected chi connectivity index (χ1v) is 5.39. The first kappa shape index (κ1) is 9.83. The van der Waals surface area contributed by atoms with Crippen LogP contribution in [-0.2, 0) is 0 Å². The van der Waals surface area contributed by atoms with Gasteiger partial charge in [-0.1, -0.05) is 32.4 Å². The molecule has 70 valence electrons. The van der Waals surface area contributed by atoms with Gasteiger partial charge in [-0.2, -0.15) is 0 Å². The average Bonchev–Trinajstić information content (AvgIpc) is 2.09. The molecule has 1 fully saturated rings. The molecule has 1 atom stereocenters. The monoisotopic (exact) mass is 166 g/mol.